The number of nitrogens with one attached hydrogen (secondary N) is 1. The molecule has 0 aromatic heterocycles. The maximum absolute atomic E-state index is 13.9. The monoisotopic (exact) mass is 285 g/mol. The fourth-order valence-electron chi connectivity index (χ4n) is 2.00. The van der Waals surface area contributed by atoms with Gasteiger partial charge in [0.1, 0.15) is 12.2 Å². The molecule has 7 heteroatoms. The second-order valence-electron chi connectivity index (χ2n) is 4.50. The molecule has 1 aliphatic rings. The molecule has 110 valence electrons. The largest absolute Gasteiger partial charge is 0.494 e. The highest BCUT2D eigenvalue weighted by Crippen LogP contribution is 2.20. The zero-order valence-electron chi connectivity index (χ0n) is 10.9. The van der Waals surface area contributed by atoms with Crippen LogP contribution in [0.15, 0.2) is 18.2 Å². The molecule has 0 bridgehead atoms. The van der Waals surface area contributed by atoms with Gasteiger partial charge in [-0.3, -0.25) is 4.79 Å². The van der Waals surface area contributed by atoms with Crippen LogP contribution in [-0.4, -0.2) is 54.7 Å². The smallest absolute Gasteiger partial charge is 0.254 e. The van der Waals surface area contributed by atoms with Crippen molar-refractivity contribution in [1.29, 1.82) is 0 Å². The number of aliphatic hydroxyl groups is 2. The summed E-state index contributed by atoms with van der Waals surface area (Å²) in [6, 6.07) is 3.39. The lowest BCUT2D eigenvalue weighted by atomic mass is 10.0. The number of halogens is 1. The number of hydrogen-bond acceptors (Lipinski definition) is 5. The molecule has 2 rings (SSSR count). The zero-order chi connectivity index (χ0) is 14.7. The number of hydrogen-bond donors (Lipinski definition) is 3. The fourth-order valence-corrected chi connectivity index (χ4v) is 2.00. The van der Waals surface area contributed by atoms with Crippen molar-refractivity contribution in [3.63, 3.8) is 0 Å². The summed E-state index contributed by atoms with van der Waals surface area (Å²) in [5.41, 5.74) is -0.198. The van der Waals surface area contributed by atoms with Gasteiger partial charge >= 0.3 is 0 Å². The minimum absolute atomic E-state index is 0.00105. The Kier molecular flexibility index (Phi) is 4.53. The Hall–Kier alpha value is -1.70. The first-order valence-electron chi connectivity index (χ1n) is 6.12. The lowest BCUT2D eigenvalue weighted by molar-refractivity contribution is -0.102. The van der Waals surface area contributed by atoms with Crippen LogP contribution in [-0.2, 0) is 4.74 Å². The Morgan fingerprint density at radius 2 is 2.20 bits per heavy atom. The summed E-state index contributed by atoms with van der Waals surface area (Å²) in [6.07, 6.45) is -2.23. The molecule has 1 aromatic rings. The third-order valence-corrected chi connectivity index (χ3v) is 3.14. The molecule has 0 radical (unpaired) electrons. The van der Waals surface area contributed by atoms with E-state index in [0.717, 1.165) is 0 Å². The summed E-state index contributed by atoms with van der Waals surface area (Å²) in [5, 5.41) is 21.6. The van der Waals surface area contributed by atoms with E-state index in [-0.39, 0.29) is 24.5 Å². The number of ether oxygens (including phenoxy) is 2. The summed E-state index contributed by atoms with van der Waals surface area (Å²) < 4.78 is 23.8. The predicted octanol–water partition coefficient (Wildman–Crippen LogP) is -0.315. The standard InChI is InChI=1S/C13H16FNO5/c1-19-10-4-2-3-7(11(10)14)13(18)15-8-5-20-6-9(16)12(8)17/h2-4,8-9,12,16-17H,5-6H2,1H3,(H,15,18)/t8-,9-,12+/m1/s1. The van der Waals surface area contributed by atoms with E-state index >= 15 is 0 Å². The Morgan fingerprint density at radius 3 is 2.90 bits per heavy atom. The third kappa shape index (κ3) is 2.90. The number of carbonyl (C=O) groups excluding carboxylic acids is 1. The molecule has 0 unspecified atom stereocenters. The first-order valence-corrected chi connectivity index (χ1v) is 6.12. The van der Waals surface area contributed by atoms with Gasteiger partial charge in [-0.1, -0.05) is 6.07 Å². The van der Waals surface area contributed by atoms with Crippen molar-refractivity contribution in [2.75, 3.05) is 20.3 Å². The summed E-state index contributed by atoms with van der Waals surface area (Å²) in [7, 11) is 1.30. The van der Waals surface area contributed by atoms with Gasteiger partial charge in [-0.05, 0) is 12.1 Å². The minimum atomic E-state index is -1.15. The Bertz CT molecular complexity index is 496. The summed E-state index contributed by atoms with van der Waals surface area (Å²) in [4.78, 5) is 12.0. The molecule has 1 heterocycles. The van der Waals surface area contributed by atoms with E-state index in [9.17, 15) is 19.4 Å². The van der Waals surface area contributed by atoms with Crippen LogP contribution >= 0.6 is 0 Å². The van der Waals surface area contributed by atoms with Gasteiger partial charge in [-0.25, -0.2) is 4.39 Å². The molecule has 1 saturated heterocycles. The topological polar surface area (TPSA) is 88.0 Å². The number of amides is 1. The predicted molar refractivity (Wildman–Crippen MR) is 67.0 cm³/mol. The number of rotatable bonds is 3. The van der Waals surface area contributed by atoms with Gasteiger partial charge < -0.3 is 25.0 Å². The lowest BCUT2D eigenvalue weighted by Crippen LogP contribution is -2.55. The molecule has 0 saturated carbocycles. The number of methoxy groups -OCH3 is 1. The van der Waals surface area contributed by atoms with Crippen LogP contribution in [0.3, 0.4) is 0 Å². The molecule has 0 spiro atoms. The molecule has 3 N–H and O–H groups in total. The summed E-state index contributed by atoms with van der Waals surface area (Å²) >= 11 is 0. The molecule has 1 aromatic carbocycles. The number of benzene rings is 1. The molecule has 6 nitrogen and oxygen atoms in total. The highest BCUT2D eigenvalue weighted by molar-refractivity contribution is 5.95. The van der Waals surface area contributed by atoms with Gasteiger partial charge in [-0.2, -0.15) is 0 Å². The van der Waals surface area contributed by atoms with E-state index in [0.29, 0.717) is 0 Å². The Morgan fingerprint density at radius 1 is 1.45 bits per heavy atom. The number of carbonyl (C=O) groups is 1. The van der Waals surface area contributed by atoms with Crippen molar-refractivity contribution in [3.8, 4) is 5.75 Å². The molecular weight excluding hydrogens is 269 g/mol. The lowest BCUT2D eigenvalue weighted by Gasteiger charge is -2.32. The van der Waals surface area contributed by atoms with Gasteiger partial charge in [-0.15, -0.1) is 0 Å². The van der Waals surface area contributed by atoms with Gasteiger partial charge in [0.25, 0.3) is 5.91 Å². The second-order valence-corrected chi connectivity index (χ2v) is 4.50. The van der Waals surface area contributed by atoms with Crippen LogP contribution in [0.25, 0.3) is 0 Å². The zero-order valence-corrected chi connectivity index (χ0v) is 10.9. The van der Waals surface area contributed by atoms with Crippen LogP contribution in [0.5, 0.6) is 5.75 Å². The summed E-state index contributed by atoms with van der Waals surface area (Å²) in [5.74, 6) is -1.53. The quantitative estimate of drug-likeness (QED) is 0.709. The summed E-state index contributed by atoms with van der Waals surface area (Å²) in [6.45, 7) is 0.0522. The van der Waals surface area contributed by atoms with Crippen molar-refractivity contribution in [2.45, 2.75) is 18.2 Å². The van der Waals surface area contributed by atoms with E-state index < -0.39 is 30.0 Å². The van der Waals surface area contributed by atoms with Crippen LogP contribution in [0.2, 0.25) is 0 Å². The highest BCUT2D eigenvalue weighted by Gasteiger charge is 2.33. The number of aliphatic hydroxyl groups excluding tert-OH is 2. The van der Waals surface area contributed by atoms with E-state index in [1.54, 1.807) is 0 Å². The molecule has 1 fully saturated rings. The minimum Gasteiger partial charge on any atom is -0.494 e. The van der Waals surface area contributed by atoms with E-state index in [4.69, 9.17) is 9.47 Å². The molecule has 0 aliphatic carbocycles. The maximum Gasteiger partial charge on any atom is 0.254 e. The van der Waals surface area contributed by atoms with Crippen molar-refractivity contribution in [3.05, 3.63) is 29.6 Å². The second kappa shape index (κ2) is 6.17. The van der Waals surface area contributed by atoms with Crippen molar-refractivity contribution in [2.24, 2.45) is 0 Å². The molecule has 3 atom stereocenters. The van der Waals surface area contributed by atoms with Gasteiger partial charge in [0.2, 0.25) is 0 Å². The Labute approximate surface area is 115 Å². The van der Waals surface area contributed by atoms with Gasteiger partial charge in [0, 0.05) is 0 Å². The maximum atomic E-state index is 13.9. The normalized spacial score (nSPS) is 26.1. The SMILES string of the molecule is COc1cccc(C(=O)N[C@@H]2COC[C@@H](O)[C@H]2O)c1F. The van der Waals surface area contributed by atoms with Crippen LogP contribution in [0.4, 0.5) is 4.39 Å². The fraction of sp³-hybridized carbons (Fsp3) is 0.462. The first kappa shape index (κ1) is 14.7. The molecular formula is C13H16FNO5. The van der Waals surface area contributed by atoms with Gasteiger partial charge in [0.15, 0.2) is 11.6 Å². The van der Waals surface area contributed by atoms with E-state index in [1.165, 1.54) is 25.3 Å². The van der Waals surface area contributed by atoms with Crippen LogP contribution < -0.4 is 10.1 Å². The van der Waals surface area contributed by atoms with Crippen molar-refractivity contribution in [1.82, 2.24) is 5.32 Å². The highest BCUT2D eigenvalue weighted by atomic mass is 19.1. The molecule has 1 amide bonds. The Balaban J connectivity index is 2.12. The van der Waals surface area contributed by atoms with Gasteiger partial charge in [0.05, 0.1) is 31.9 Å². The van der Waals surface area contributed by atoms with Crippen molar-refractivity contribution < 1.29 is 28.9 Å². The van der Waals surface area contributed by atoms with E-state index in [1.807, 2.05) is 0 Å². The van der Waals surface area contributed by atoms with E-state index in [2.05, 4.69) is 5.32 Å². The van der Waals surface area contributed by atoms with Crippen LogP contribution in [0.1, 0.15) is 10.4 Å². The molecule has 1 aliphatic heterocycles. The van der Waals surface area contributed by atoms with Crippen molar-refractivity contribution >= 4 is 5.91 Å². The average molecular weight is 285 g/mol. The average Bonchev–Trinajstić information content (AvgIpc) is 2.44. The van der Waals surface area contributed by atoms with Crippen LogP contribution in [0, 0.1) is 5.82 Å². The molecule has 20 heavy (non-hydrogen) atoms. The first-order chi connectivity index (χ1) is 9.54. The third-order valence-electron chi connectivity index (χ3n) is 3.14.